The van der Waals surface area contributed by atoms with Crippen molar-refractivity contribution in [3.05, 3.63) is 114 Å². The Hall–Kier alpha value is -4.50. The van der Waals surface area contributed by atoms with E-state index in [4.69, 9.17) is 12.2 Å². The van der Waals surface area contributed by atoms with Crippen LogP contribution < -0.4 is 10.6 Å². The Balaban J connectivity index is 1.44. The molecule has 4 aromatic rings. The molecule has 1 fully saturated rings. The fourth-order valence-electron chi connectivity index (χ4n) is 4.77. The number of aryl methyl sites for hydroxylation is 1. The molecule has 3 heterocycles. The summed E-state index contributed by atoms with van der Waals surface area (Å²) in [4.78, 5) is 30.8. The van der Waals surface area contributed by atoms with E-state index in [1.54, 1.807) is 30.5 Å². The van der Waals surface area contributed by atoms with Crippen LogP contribution in [0.1, 0.15) is 45.8 Å². The van der Waals surface area contributed by atoms with Gasteiger partial charge in [-0.2, -0.15) is 0 Å². The number of aromatic nitrogens is 2. The van der Waals surface area contributed by atoms with E-state index in [2.05, 4.69) is 15.6 Å². The van der Waals surface area contributed by atoms with E-state index in [-0.39, 0.29) is 30.0 Å². The Kier molecular flexibility index (Phi) is 7.19. The normalized spacial score (nSPS) is 16.8. The van der Waals surface area contributed by atoms with Gasteiger partial charge in [-0.25, -0.2) is 4.79 Å². The summed E-state index contributed by atoms with van der Waals surface area (Å²) in [6, 6.07) is 23.7. The van der Waals surface area contributed by atoms with Crippen LogP contribution in [0.4, 0.5) is 5.69 Å². The lowest BCUT2D eigenvalue weighted by atomic mass is 10.0. The van der Waals surface area contributed by atoms with E-state index in [1.165, 1.54) is 0 Å². The molecule has 38 heavy (non-hydrogen) atoms. The first-order valence-electron chi connectivity index (χ1n) is 12.3. The zero-order valence-electron chi connectivity index (χ0n) is 20.7. The summed E-state index contributed by atoms with van der Waals surface area (Å²) < 4.78 is 2.02. The highest BCUT2D eigenvalue weighted by atomic mass is 32.1. The van der Waals surface area contributed by atoms with Crippen LogP contribution in [0.3, 0.4) is 0 Å². The van der Waals surface area contributed by atoms with Crippen LogP contribution in [0.25, 0.3) is 5.69 Å². The number of hydrogen-bond acceptors (Lipinski definition) is 4. The number of carbonyl (C=O) groups is 2. The number of nitrogens with zero attached hydrogens (tertiary/aromatic N) is 3. The van der Waals surface area contributed by atoms with Crippen LogP contribution in [-0.2, 0) is 4.79 Å². The number of aromatic carboxylic acids is 1. The molecule has 1 saturated heterocycles. The highest BCUT2D eigenvalue weighted by Gasteiger charge is 2.41. The number of hydrogen-bond donors (Lipinski definition) is 3. The van der Waals surface area contributed by atoms with Gasteiger partial charge < -0.3 is 25.2 Å². The van der Waals surface area contributed by atoms with Gasteiger partial charge >= 0.3 is 5.97 Å². The van der Waals surface area contributed by atoms with Crippen LogP contribution in [-0.4, -0.2) is 43.1 Å². The second-order valence-corrected chi connectivity index (χ2v) is 9.53. The molecule has 0 unspecified atom stereocenters. The monoisotopic (exact) mass is 525 g/mol. The minimum atomic E-state index is -0.972. The molecule has 0 saturated carbocycles. The van der Waals surface area contributed by atoms with Crippen molar-refractivity contribution >= 4 is 34.9 Å². The molecule has 0 bridgehead atoms. The number of pyridine rings is 1. The van der Waals surface area contributed by atoms with Crippen LogP contribution in [0.15, 0.2) is 91.3 Å². The number of carboxylic acids is 1. The van der Waals surface area contributed by atoms with Gasteiger partial charge in [0.15, 0.2) is 5.11 Å². The highest BCUT2D eigenvalue weighted by Crippen LogP contribution is 2.39. The molecule has 2 atom stereocenters. The Labute approximate surface area is 225 Å². The first-order chi connectivity index (χ1) is 18.4. The van der Waals surface area contributed by atoms with Crippen molar-refractivity contribution < 1.29 is 14.7 Å². The third-order valence-corrected chi connectivity index (χ3v) is 6.91. The summed E-state index contributed by atoms with van der Waals surface area (Å²) in [6.45, 7) is 2.39. The highest BCUT2D eigenvalue weighted by molar-refractivity contribution is 7.80. The summed E-state index contributed by atoms with van der Waals surface area (Å²) in [6.07, 6.45) is 3.93. The largest absolute Gasteiger partial charge is 0.478 e. The lowest BCUT2D eigenvalue weighted by Crippen LogP contribution is -2.33. The number of nitrogens with one attached hydrogen (secondary N) is 2. The summed E-state index contributed by atoms with van der Waals surface area (Å²) in [5, 5.41) is 16.2. The second kappa shape index (κ2) is 10.9. The van der Waals surface area contributed by atoms with E-state index >= 15 is 0 Å². The maximum atomic E-state index is 12.8. The van der Waals surface area contributed by atoms with Gasteiger partial charge in [-0.05, 0) is 85.4 Å². The zero-order chi connectivity index (χ0) is 26.6. The van der Waals surface area contributed by atoms with Crippen molar-refractivity contribution in [3.63, 3.8) is 0 Å². The van der Waals surface area contributed by atoms with Gasteiger partial charge in [0.1, 0.15) is 0 Å². The summed E-state index contributed by atoms with van der Waals surface area (Å²) in [5.41, 5.74) is 4.65. The van der Waals surface area contributed by atoms with E-state index in [0.717, 1.165) is 28.3 Å². The minimum absolute atomic E-state index is 0.0990. The van der Waals surface area contributed by atoms with E-state index in [9.17, 15) is 14.7 Å². The molecule has 0 aliphatic carbocycles. The fourth-order valence-corrected chi connectivity index (χ4v) is 5.10. The number of thiocarbonyl (C=S) groups is 1. The third kappa shape index (κ3) is 5.28. The van der Waals surface area contributed by atoms with Crippen molar-refractivity contribution in [2.75, 3.05) is 11.9 Å². The molecule has 8 nitrogen and oxygen atoms in total. The number of carbonyl (C=O) groups excluding carboxylic acids is 1. The quantitative estimate of drug-likeness (QED) is 0.282. The zero-order valence-corrected chi connectivity index (χ0v) is 21.6. The average molecular weight is 526 g/mol. The first kappa shape index (κ1) is 25.2. The maximum Gasteiger partial charge on any atom is 0.335 e. The van der Waals surface area contributed by atoms with Crippen LogP contribution in [0, 0.1) is 6.92 Å². The second-order valence-electron chi connectivity index (χ2n) is 9.14. The number of carboxylic acid groups (broad SMARTS) is 1. The van der Waals surface area contributed by atoms with Crippen molar-refractivity contribution in [2.24, 2.45) is 0 Å². The average Bonchev–Trinajstić information content (AvgIpc) is 3.52. The van der Waals surface area contributed by atoms with Crippen molar-refractivity contribution in [1.82, 2.24) is 19.8 Å². The Morgan fingerprint density at radius 3 is 2.58 bits per heavy atom. The van der Waals surface area contributed by atoms with Gasteiger partial charge in [-0.3, -0.25) is 9.78 Å². The predicted molar refractivity (Wildman–Crippen MR) is 149 cm³/mol. The molecule has 2 aromatic carbocycles. The lowest BCUT2D eigenvalue weighted by molar-refractivity contribution is -0.116. The molecule has 0 radical (unpaired) electrons. The summed E-state index contributed by atoms with van der Waals surface area (Å²) in [7, 11) is 0. The number of benzene rings is 2. The maximum absolute atomic E-state index is 12.8. The molecule has 5 rings (SSSR count). The minimum Gasteiger partial charge on any atom is -0.478 e. The molecule has 1 aliphatic heterocycles. The Bertz CT molecular complexity index is 1470. The number of rotatable bonds is 8. The molecule has 1 aliphatic rings. The molecular formula is C29H27N5O3S. The molecule has 3 N–H and O–H groups in total. The van der Waals surface area contributed by atoms with Crippen LogP contribution >= 0.6 is 12.2 Å². The first-order valence-corrected chi connectivity index (χ1v) is 12.7. The molecule has 0 spiro atoms. The standard InChI is InChI=1S/C29H27N5O3S/c1-19-6-4-7-21(18-19)31-25(35)14-17-34-27(26(32-29(34)38)23-8-2-3-15-30-23)24-9-5-16-33(24)22-12-10-20(11-13-22)28(36)37/h2-13,15-16,18,26-27H,14,17H2,1H3,(H,31,35)(H,32,38)(H,36,37)/t26-,27+/m0/s1. The predicted octanol–water partition coefficient (Wildman–Crippen LogP) is 4.88. The van der Waals surface area contributed by atoms with Crippen LogP contribution in [0.5, 0.6) is 0 Å². The van der Waals surface area contributed by atoms with Gasteiger partial charge in [-0.15, -0.1) is 0 Å². The van der Waals surface area contributed by atoms with Crippen LogP contribution in [0.2, 0.25) is 0 Å². The molecule has 2 aromatic heterocycles. The Morgan fingerprint density at radius 1 is 1.05 bits per heavy atom. The van der Waals surface area contributed by atoms with Crippen molar-refractivity contribution in [3.8, 4) is 5.69 Å². The van der Waals surface area contributed by atoms with E-state index in [1.807, 2.05) is 77.2 Å². The summed E-state index contributed by atoms with van der Waals surface area (Å²) in [5.74, 6) is -1.07. The number of amides is 1. The van der Waals surface area contributed by atoms with Gasteiger partial charge in [0.2, 0.25) is 5.91 Å². The molecule has 192 valence electrons. The molecule has 9 heteroatoms. The van der Waals surface area contributed by atoms with Gasteiger partial charge in [-0.1, -0.05) is 18.2 Å². The van der Waals surface area contributed by atoms with Crippen molar-refractivity contribution in [2.45, 2.75) is 25.4 Å². The molecule has 1 amide bonds. The SMILES string of the molecule is Cc1cccc(NC(=O)CCN2C(=S)N[C@@H](c3ccccn3)[C@H]2c2cccn2-c2ccc(C(=O)O)cc2)c1. The van der Waals surface area contributed by atoms with E-state index < -0.39 is 5.97 Å². The third-order valence-electron chi connectivity index (χ3n) is 6.56. The van der Waals surface area contributed by atoms with E-state index in [0.29, 0.717) is 11.7 Å². The van der Waals surface area contributed by atoms with Gasteiger partial charge in [0, 0.05) is 42.4 Å². The van der Waals surface area contributed by atoms with Crippen molar-refractivity contribution in [1.29, 1.82) is 0 Å². The smallest absolute Gasteiger partial charge is 0.335 e. The lowest BCUT2D eigenvalue weighted by Gasteiger charge is -2.29. The number of anilines is 1. The fraction of sp³-hybridized carbons (Fsp3) is 0.172. The summed E-state index contributed by atoms with van der Waals surface area (Å²) >= 11 is 5.75. The molecular weight excluding hydrogens is 498 g/mol. The topological polar surface area (TPSA) is 99.5 Å². The van der Waals surface area contributed by atoms with Gasteiger partial charge in [0.25, 0.3) is 0 Å². The van der Waals surface area contributed by atoms with Gasteiger partial charge in [0.05, 0.1) is 23.3 Å². The Morgan fingerprint density at radius 2 is 1.87 bits per heavy atom.